The number of carbonyl (C=O) groups is 1. The molecule has 2 rings (SSSR count). The van der Waals surface area contributed by atoms with E-state index in [-0.39, 0.29) is 24.0 Å². The lowest BCUT2D eigenvalue weighted by molar-refractivity contribution is -0.130. The van der Waals surface area contributed by atoms with Crippen LogP contribution in [-0.4, -0.2) is 22.9 Å². The maximum Gasteiger partial charge on any atom is 0.225 e. The first-order valence-electron chi connectivity index (χ1n) is 5.20. The fourth-order valence-corrected chi connectivity index (χ4v) is 2.93. The zero-order valence-corrected chi connectivity index (χ0v) is 9.83. The van der Waals surface area contributed by atoms with Gasteiger partial charge >= 0.3 is 0 Å². The molecule has 4 heteroatoms. The maximum atomic E-state index is 11.8. The third-order valence-electron chi connectivity index (χ3n) is 2.84. The Morgan fingerprint density at radius 3 is 2.87 bits per heavy atom. The van der Waals surface area contributed by atoms with Crippen molar-refractivity contribution in [3.63, 3.8) is 0 Å². The van der Waals surface area contributed by atoms with Crippen molar-refractivity contribution in [1.82, 2.24) is 4.90 Å². The quantitative estimate of drug-likeness (QED) is 0.832. The van der Waals surface area contributed by atoms with Crippen LogP contribution >= 0.6 is 11.3 Å². The number of hydrogen-bond acceptors (Lipinski definition) is 3. The summed E-state index contributed by atoms with van der Waals surface area (Å²) >= 11 is 1.65. The van der Waals surface area contributed by atoms with E-state index in [0.29, 0.717) is 6.42 Å². The number of nitrogens with two attached hydrogens (primary N) is 1. The Bertz CT molecular complexity index is 347. The van der Waals surface area contributed by atoms with Gasteiger partial charge in [-0.1, -0.05) is 0 Å². The van der Waals surface area contributed by atoms with Gasteiger partial charge in [0.2, 0.25) is 5.91 Å². The Labute approximate surface area is 93.9 Å². The van der Waals surface area contributed by atoms with E-state index in [0.717, 1.165) is 0 Å². The smallest absolute Gasteiger partial charge is 0.225 e. The molecule has 1 aliphatic rings. The lowest BCUT2D eigenvalue weighted by Gasteiger charge is -2.29. The molecule has 1 fully saturated rings. The average Bonchev–Trinajstić information content (AvgIpc) is 2.71. The molecule has 1 amide bonds. The molecule has 15 heavy (non-hydrogen) atoms. The molecule has 1 aromatic rings. The molecular formula is C11H16N2OS. The molecule has 2 unspecified atom stereocenters. The van der Waals surface area contributed by atoms with E-state index in [2.05, 4.69) is 11.4 Å². The third kappa shape index (κ3) is 1.79. The minimum absolute atomic E-state index is 0.0606. The van der Waals surface area contributed by atoms with Gasteiger partial charge in [-0.05, 0) is 36.2 Å². The highest BCUT2D eigenvalue weighted by Crippen LogP contribution is 2.34. The van der Waals surface area contributed by atoms with E-state index in [1.807, 2.05) is 24.1 Å². The number of carbonyl (C=O) groups excluding carboxylic acids is 1. The normalized spacial score (nSPS) is 26.7. The van der Waals surface area contributed by atoms with Crippen molar-refractivity contribution >= 4 is 17.2 Å². The van der Waals surface area contributed by atoms with Gasteiger partial charge in [0.1, 0.15) is 0 Å². The van der Waals surface area contributed by atoms with Crippen molar-refractivity contribution in [1.29, 1.82) is 0 Å². The van der Waals surface area contributed by atoms with Crippen molar-refractivity contribution in [2.45, 2.75) is 38.4 Å². The highest BCUT2D eigenvalue weighted by Gasteiger charge is 2.39. The number of likely N-dealkylation sites (tertiary alicyclic amines) is 1. The molecule has 0 aliphatic carbocycles. The molecule has 0 bridgehead atoms. The lowest BCUT2D eigenvalue weighted by atomic mass is 10.0. The molecule has 0 aromatic carbocycles. The first-order chi connectivity index (χ1) is 7.11. The molecule has 1 saturated heterocycles. The molecule has 1 aliphatic heterocycles. The summed E-state index contributed by atoms with van der Waals surface area (Å²) in [5.41, 5.74) is 7.20. The topological polar surface area (TPSA) is 46.3 Å². The van der Waals surface area contributed by atoms with E-state index < -0.39 is 0 Å². The van der Waals surface area contributed by atoms with Gasteiger partial charge in [0.25, 0.3) is 0 Å². The standard InChI is InChI=1S/C11H16N2OS/c1-7(2)13-10(14)5-9(12)11(13)8-3-4-15-6-8/h3-4,6-7,9,11H,5,12H2,1-2H3. The molecule has 3 nitrogen and oxygen atoms in total. The molecule has 0 spiro atoms. The van der Waals surface area contributed by atoms with Crippen LogP contribution in [0.4, 0.5) is 0 Å². The fraction of sp³-hybridized carbons (Fsp3) is 0.545. The molecule has 2 atom stereocenters. The van der Waals surface area contributed by atoms with Crippen LogP contribution in [0.15, 0.2) is 16.8 Å². The van der Waals surface area contributed by atoms with Crippen LogP contribution in [0.25, 0.3) is 0 Å². The fourth-order valence-electron chi connectivity index (χ4n) is 2.24. The SMILES string of the molecule is CC(C)N1C(=O)CC(N)C1c1ccsc1. The Morgan fingerprint density at radius 1 is 1.60 bits per heavy atom. The minimum atomic E-state index is -0.0606. The first kappa shape index (κ1) is 10.6. The largest absolute Gasteiger partial charge is 0.332 e. The number of rotatable bonds is 2. The van der Waals surface area contributed by atoms with Crippen LogP contribution in [0.2, 0.25) is 0 Å². The van der Waals surface area contributed by atoms with E-state index >= 15 is 0 Å². The third-order valence-corrected chi connectivity index (χ3v) is 3.55. The monoisotopic (exact) mass is 224 g/mol. The van der Waals surface area contributed by atoms with Crippen LogP contribution in [0.3, 0.4) is 0 Å². The number of amides is 1. The minimum Gasteiger partial charge on any atom is -0.332 e. The van der Waals surface area contributed by atoms with E-state index in [9.17, 15) is 4.79 Å². The maximum absolute atomic E-state index is 11.8. The summed E-state index contributed by atoms with van der Waals surface area (Å²) in [7, 11) is 0. The summed E-state index contributed by atoms with van der Waals surface area (Å²) < 4.78 is 0. The van der Waals surface area contributed by atoms with E-state index in [4.69, 9.17) is 5.73 Å². The van der Waals surface area contributed by atoms with Crippen molar-refractivity contribution in [3.8, 4) is 0 Å². The molecule has 2 heterocycles. The molecule has 0 radical (unpaired) electrons. The van der Waals surface area contributed by atoms with Gasteiger partial charge in [0, 0.05) is 18.5 Å². The van der Waals surface area contributed by atoms with Crippen LogP contribution in [0.1, 0.15) is 31.9 Å². The van der Waals surface area contributed by atoms with Crippen molar-refractivity contribution in [3.05, 3.63) is 22.4 Å². The van der Waals surface area contributed by atoms with Crippen LogP contribution in [0, 0.1) is 0 Å². The molecule has 2 N–H and O–H groups in total. The number of thiophene rings is 1. The Kier molecular flexibility index (Phi) is 2.80. The second-order valence-corrected chi connectivity index (χ2v) is 5.04. The Morgan fingerprint density at radius 2 is 2.33 bits per heavy atom. The van der Waals surface area contributed by atoms with Gasteiger partial charge < -0.3 is 10.6 Å². The summed E-state index contributed by atoms with van der Waals surface area (Å²) in [5.74, 6) is 0.175. The zero-order valence-electron chi connectivity index (χ0n) is 9.01. The second kappa shape index (κ2) is 3.94. The van der Waals surface area contributed by atoms with Crippen molar-refractivity contribution in [2.75, 3.05) is 0 Å². The summed E-state index contributed by atoms with van der Waals surface area (Å²) in [5, 5.41) is 4.11. The predicted octanol–water partition coefficient (Wildman–Crippen LogP) is 1.76. The summed E-state index contributed by atoms with van der Waals surface area (Å²) in [6.07, 6.45) is 0.471. The lowest BCUT2D eigenvalue weighted by Crippen LogP contribution is -2.37. The zero-order chi connectivity index (χ0) is 11.0. The van der Waals surface area contributed by atoms with Crippen molar-refractivity contribution in [2.24, 2.45) is 5.73 Å². The van der Waals surface area contributed by atoms with E-state index in [1.165, 1.54) is 5.56 Å². The summed E-state index contributed by atoms with van der Waals surface area (Å²) in [4.78, 5) is 13.7. The molecule has 1 aromatic heterocycles. The highest BCUT2D eigenvalue weighted by molar-refractivity contribution is 7.08. The predicted molar refractivity (Wildman–Crippen MR) is 61.6 cm³/mol. The van der Waals surface area contributed by atoms with Gasteiger partial charge in [-0.2, -0.15) is 11.3 Å². The van der Waals surface area contributed by atoms with Gasteiger partial charge in [-0.25, -0.2) is 0 Å². The second-order valence-electron chi connectivity index (χ2n) is 4.26. The summed E-state index contributed by atoms with van der Waals surface area (Å²) in [6.45, 7) is 4.07. The molecule has 82 valence electrons. The Balaban J connectivity index is 2.32. The van der Waals surface area contributed by atoms with Crippen LogP contribution in [-0.2, 0) is 4.79 Å². The van der Waals surface area contributed by atoms with E-state index in [1.54, 1.807) is 11.3 Å². The number of hydrogen-bond donors (Lipinski definition) is 1. The average molecular weight is 224 g/mol. The Hall–Kier alpha value is -0.870. The van der Waals surface area contributed by atoms with Crippen LogP contribution in [0.5, 0.6) is 0 Å². The molecule has 0 saturated carbocycles. The summed E-state index contributed by atoms with van der Waals surface area (Å²) in [6, 6.07) is 2.29. The molecular weight excluding hydrogens is 208 g/mol. The van der Waals surface area contributed by atoms with Crippen LogP contribution < -0.4 is 5.73 Å². The van der Waals surface area contributed by atoms with Gasteiger partial charge in [-0.15, -0.1) is 0 Å². The van der Waals surface area contributed by atoms with Gasteiger partial charge in [-0.3, -0.25) is 4.79 Å². The van der Waals surface area contributed by atoms with Gasteiger partial charge in [0.05, 0.1) is 6.04 Å². The van der Waals surface area contributed by atoms with Crippen molar-refractivity contribution < 1.29 is 4.79 Å². The van der Waals surface area contributed by atoms with Gasteiger partial charge in [0.15, 0.2) is 0 Å². The highest BCUT2D eigenvalue weighted by atomic mass is 32.1. The number of nitrogens with zero attached hydrogens (tertiary/aromatic N) is 1. The first-order valence-corrected chi connectivity index (χ1v) is 6.14.